The molecule has 0 bridgehead atoms. The Morgan fingerprint density at radius 3 is 2.60 bits per heavy atom. The Bertz CT molecular complexity index is 656. The van der Waals surface area contributed by atoms with E-state index in [1.165, 1.54) is 0 Å². The number of anilines is 1. The largest absolute Gasteiger partial charge is 0.478 e. The molecule has 0 fully saturated rings. The van der Waals surface area contributed by atoms with Crippen molar-refractivity contribution in [3.05, 3.63) is 62.0 Å². The van der Waals surface area contributed by atoms with Crippen LogP contribution in [0.1, 0.15) is 21.5 Å². The highest BCUT2D eigenvalue weighted by Crippen LogP contribution is 2.25. The maximum Gasteiger partial charge on any atom is 0.335 e. The lowest BCUT2D eigenvalue weighted by Gasteiger charge is -2.12. The zero-order valence-corrected chi connectivity index (χ0v) is 14.0. The van der Waals surface area contributed by atoms with E-state index in [9.17, 15) is 4.79 Å². The topological polar surface area (TPSA) is 49.3 Å². The third-order valence-electron chi connectivity index (χ3n) is 3.04. The first-order valence-electron chi connectivity index (χ1n) is 5.99. The molecule has 0 saturated heterocycles. The highest BCUT2D eigenvalue weighted by molar-refractivity contribution is 9.10. The SMILES string of the molecule is Cc1c(Br)cccc1NCc1ccc(C(=O)O)cc1Br. The van der Waals surface area contributed by atoms with Crippen molar-refractivity contribution in [2.24, 2.45) is 0 Å². The Hall–Kier alpha value is -1.33. The summed E-state index contributed by atoms with van der Waals surface area (Å²) >= 11 is 6.91. The molecule has 0 spiro atoms. The Kier molecular flexibility index (Phi) is 4.83. The summed E-state index contributed by atoms with van der Waals surface area (Å²) in [5.74, 6) is -0.923. The van der Waals surface area contributed by atoms with Crippen LogP contribution in [0.15, 0.2) is 45.3 Å². The highest BCUT2D eigenvalue weighted by atomic mass is 79.9. The van der Waals surface area contributed by atoms with Gasteiger partial charge in [0.2, 0.25) is 0 Å². The first-order valence-corrected chi connectivity index (χ1v) is 7.58. The van der Waals surface area contributed by atoms with Gasteiger partial charge in [-0.1, -0.05) is 44.0 Å². The summed E-state index contributed by atoms with van der Waals surface area (Å²) in [5, 5.41) is 12.3. The fraction of sp³-hybridized carbons (Fsp3) is 0.133. The molecule has 2 rings (SSSR count). The van der Waals surface area contributed by atoms with Crippen LogP contribution in [0.5, 0.6) is 0 Å². The molecule has 0 aromatic heterocycles. The molecular formula is C15H13Br2NO2. The minimum Gasteiger partial charge on any atom is -0.478 e. The van der Waals surface area contributed by atoms with E-state index in [1.807, 2.05) is 31.2 Å². The van der Waals surface area contributed by atoms with E-state index in [-0.39, 0.29) is 5.56 Å². The van der Waals surface area contributed by atoms with Crippen LogP contribution in [0.25, 0.3) is 0 Å². The van der Waals surface area contributed by atoms with Crippen LogP contribution in [-0.4, -0.2) is 11.1 Å². The molecule has 0 amide bonds. The van der Waals surface area contributed by atoms with Crippen molar-refractivity contribution in [1.82, 2.24) is 0 Å². The van der Waals surface area contributed by atoms with Crippen molar-refractivity contribution >= 4 is 43.5 Å². The van der Waals surface area contributed by atoms with E-state index in [0.29, 0.717) is 6.54 Å². The second-order valence-electron chi connectivity index (χ2n) is 4.38. The second-order valence-corrected chi connectivity index (χ2v) is 6.09. The Labute approximate surface area is 134 Å². The van der Waals surface area contributed by atoms with Gasteiger partial charge in [-0.25, -0.2) is 4.79 Å². The summed E-state index contributed by atoms with van der Waals surface area (Å²) in [6.45, 7) is 2.66. The summed E-state index contributed by atoms with van der Waals surface area (Å²) in [6.07, 6.45) is 0. The van der Waals surface area contributed by atoms with Crippen LogP contribution >= 0.6 is 31.9 Å². The third-order valence-corrected chi connectivity index (χ3v) is 4.63. The molecule has 0 aliphatic carbocycles. The van der Waals surface area contributed by atoms with Gasteiger partial charge in [-0.15, -0.1) is 0 Å². The molecular weight excluding hydrogens is 386 g/mol. The lowest BCUT2D eigenvalue weighted by Crippen LogP contribution is -2.03. The molecule has 0 aliphatic rings. The number of carboxylic acid groups (broad SMARTS) is 1. The molecule has 2 aromatic rings. The van der Waals surface area contributed by atoms with Gasteiger partial charge in [0.05, 0.1) is 5.56 Å². The summed E-state index contributed by atoms with van der Waals surface area (Å²) in [7, 11) is 0. The van der Waals surface area contributed by atoms with Crippen molar-refractivity contribution < 1.29 is 9.90 Å². The highest BCUT2D eigenvalue weighted by Gasteiger charge is 2.07. The Morgan fingerprint density at radius 1 is 1.20 bits per heavy atom. The zero-order valence-electron chi connectivity index (χ0n) is 10.8. The summed E-state index contributed by atoms with van der Waals surface area (Å²) in [4.78, 5) is 10.9. The fourth-order valence-electron chi connectivity index (χ4n) is 1.81. The first-order chi connectivity index (χ1) is 9.49. The number of carbonyl (C=O) groups is 1. The second kappa shape index (κ2) is 6.41. The lowest BCUT2D eigenvalue weighted by molar-refractivity contribution is 0.0697. The third kappa shape index (κ3) is 3.41. The van der Waals surface area contributed by atoms with Crippen LogP contribution in [0.2, 0.25) is 0 Å². The molecule has 2 aromatic carbocycles. The molecule has 104 valence electrons. The minimum atomic E-state index is -0.923. The molecule has 2 N–H and O–H groups in total. The van der Waals surface area contributed by atoms with Gasteiger partial charge < -0.3 is 10.4 Å². The van der Waals surface area contributed by atoms with Crippen molar-refractivity contribution in [3.63, 3.8) is 0 Å². The van der Waals surface area contributed by atoms with E-state index in [1.54, 1.807) is 12.1 Å². The molecule has 0 aliphatic heterocycles. The van der Waals surface area contributed by atoms with Gasteiger partial charge in [0, 0.05) is 21.2 Å². The average Bonchev–Trinajstić information content (AvgIpc) is 2.41. The van der Waals surface area contributed by atoms with Crippen molar-refractivity contribution in [2.45, 2.75) is 13.5 Å². The summed E-state index contributed by atoms with van der Waals surface area (Å²) in [6, 6.07) is 11.0. The molecule has 3 nitrogen and oxygen atoms in total. The number of aromatic carboxylic acids is 1. The zero-order chi connectivity index (χ0) is 14.7. The van der Waals surface area contributed by atoms with Gasteiger partial charge in [0.15, 0.2) is 0 Å². The number of hydrogen-bond donors (Lipinski definition) is 2. The van der Waals surface area contributed by atoms with Gasteiger partial charge in [0.1, 0.15) is 0 Å². The first kappa shape index (κ1) is 15.1. The molecule has 0 atom stereocenters. The summed E-state index contributed by atoms with van der Waals surface area (Å²) < 4.78 is 1.85. The van der Waals surface area contributed by atoms with Gasteiger partial charge in [-0.05, 0) is 42.3 Å². The Morgan fingerprint density at radius 2 is 1.95 bits per heavy atom. The molecule has 0 saturated carbocycles. The van der Waals surface area contributed by atoms with Gasteiger partial charge in [-0.3, -0.25) is 0 Å². The fourth-order valence-corrected chi connectivity index (χ4v) is 2.70. The van der Waals surface area contributed by atoms with Crippen LogP contribution in [0, 0.1) is 6.92 Å². The van der Waals surface area contributed by atoms with E-state index in [0.717, 1.165) is 25.8 Å². The number of halogens is 2. The Balaban J connectivity index is 2.15. The number of rotatable bonds is 4. The van der Waals surface area contributed by atoms with Crippen molar-refractivity contribution in [2.75, 3.05) is 5.32 Å². The smallest absolute Gasteiger partial charge is 0.335 e. The predicted molar refractivity (Wildman–Crippen MR) is 87.3 cm³/mol. The molecule has 5 heteroatoms. The van der Waals surface area contributed by atoms with Gasteiger partial charge >= 0.3 is 5.97 Å². The van der Waals surface area contributed by atoms with E-state index >= 15 is 0 Å². The van der Waals surface area contributed by atoms with Crippen LogP contribution in [-0.2, 0) is 6.54 Å². The van der Waals surface area contributed by atoms with Gasteiger partial charge in [-0.2, -0.15) is 0 Å². The van der Waals surface area contributed by atoms with Gasteiger partial charge in [0.25, 0.3) is 0 Å². The number of nitrogens with one attached hydrogen (secondary N) is 1. The minimum absolute atomic E-state index is 0.277. The normalized spacial score (nSPS) is 10.3. The van der Waals surface area contributed by atoms with E-state index in [4.69, 9.17) is 5.11 Å². The lowest BCUT2D eigenvalue weighted by atomic mass is 10.1. The van der Waals surface area contributed by atoms with E-state index < -0.39 is 5.97 Å². The quantitative estimate of drug-likeness (QED) is 0.775. The number of carboxylic acids is 1. The number of hydrogen-bond acceptors (Lipinski definition) is 2. The molecule has 0 unspecified atom stereocenters. The van der Waals surface area contributed by atoms with Crippen LogP contribution in [0.3, 0.4) is 0 Å². The molecule has 0 heterocycles. The van der Waals surface area contributed by atoms with Crippen molar-refractivity contribution in [1.29, 1.82) is 0 Å². The maximum atomic E-state index is 10.9. The number of benzene rings is 2. The molecule has 20 heavy (non-hydrogen) atoms. The summed E-state index contributed by atoms with van der Waals surface area (Å²) in [5.41, 5.74) is 3.48. The maximum absolute atomic E-state index is 10.9. The van der Waals surface area contributed by atoms with Crippen molar-refractivity contribution in [3.8, 4) is 0 Å². The molecule has 0 radical (unpaired) electrons. The van der Waals surface area contributed by atoms with E-state index in [2.05, 4.69) is 37.2 Å². The standard InChI is InChI=1S/C15H13Br2NO2/c1-9-12(16)3-2-4-14(9)18-8-11-6-5-10(15(19)20)7-13(11)17/h2-7,18H,8H2,1H3,(H,19,20). The van der Waals surface area contributed by atoms with Crippen LogP contribution in [0.4, 0.5) is 5.69 Å². The predicted octanol–water partition coefficient (Wildman–Crippen LogP) is 4.83. The monoisotopic (exact) mass is 397 g/mol. The van der Waals surface area contributed by atoms with Crippen LogP contribution < -0.4 is 5.32 Å². The average molecular weight is 399 g/mol.